The molecule has 6 nitrogen and oxygen atoms in total. The first-order valence-corrected chi connectivity index (χ1v) is 10.3. The van der Waals surface area contributed by atoms with Gasteiger partial charge in [0.15, 0.2) is 0 Å². The Morgan fingerprint density at radius 3 is 2.41 bits per heavy atom. The van der Waals surface area contributed by atoms with Gasteiger partial charge in [0.05, 0.1) is 10.9 Å². The normalized spacial score (nSPS) is 13.0. The number of pyridine rings is 1. The van der Waals surface area contributed by atoms with Gasteiger partial charge in [-0.3, -0.25) is 9.78 Å². The van der Waals surface area contributed by atoms with Gasteiger partial charge in [0.2, 0.25) is 15.9 Å². The number of amides is 1. The molecular formula is C20H25N3O3S. The summed E-state index contributed by atoms with van der Waals surface area (Å²) in [4.78, 5) is 16.3. The molecule has 1 aromatic heterocycles. The van der Waals surface area contributed by atoms with Crippen molar-refractivity contribution >= 4 is 22.0 Å². The van der Waals surface area contributed by atoms with Gasteiger partial charge in [-0.05, 0) is 42.3 Å². The summed E-state index contributed by atoms with van der Waals surface area (Å²) in [7, 11) is -3.48. The van der Waals surface area contributed by atoms with Crippen LogP contribution >= 0.6 is 0 Å². The van der Waals surface area contributed by atoms with Crippen LogP contribution in [0.4, 0.5) is 0 Å². The molecule has 1 unspecified atom stereocenters. The van der Waals surface area contributed by atoms with Crippen molar-refractivity contribution in [2.75, 3.05) is 13.1 Å². The molecule has 0 aliphatic heterocycles. The van der Waals surface area contributed by atoms with Gasteiger partial charge in [-0.1, -0.05) is 32.0 Å². The molecule has 144 valence electrons. The topological polar surface area (TPSA) is 79.4 Å². The zero-order chi connectivity index (χ0) is 19.9. The molecule has 7 heteroatoms. The van der Waals surface area contributed by atoms with Gasteiger partial charge in [0.1, 0.15) is 0 Å². The zero-order valence-corrected chi connectivity index (χ0v) is 16.6. The highest BCUT2D eigenvalue weighted by Crippen LogP contribution is 2.19. The molecular weight excluding hydrogens is 362 g/mol. The fourth-order valence-electron chi connectivity index (χ4n) is 2.63. The fraction of sp³-hybridized carbons (Fsp3) is 0.300. The number of hydrogen-bond acceptors (Lipinski definition) is 4. The fourth-order valence-corrected chi connectivity index (χ4v) is 4.09. The molecule has 0 fully saturated rings. The van der Waals surface area contributed by atoms with Crippen LogP contribution in [0, 0.1) is 0 Å². The molecule has 0 aliphatic rings. The lowest BCUT2D eigenvalue weighted by molar-refractivity contribution is -0.117. The third-order valence-electron chi connectivity index (χ3n) is 4.19. The predicted molar refractivity (Wildman–Crippen MR) is 106 cm³/mol. The van der Waals surface area contributed by atoms with E-state index < -0.39 is 10.0 Å². The lowest BCUT2D eigenvalue weighted by Crippen LogP contribution is -2.30. The van der Waals surface area contributed by atoms with Crippen LogP contribution in [-0.4, -0.2) is 36.7 Å². The molecule has 1 aromatic carbocycles. The second-order valence-corrected chi connectivity index (χ2v) is 7.95. The Hall–Kier alpha value is -2.51. The first-order valence-electron chi connectivity index (χ1n) is 8.87. The number of nitrogens with one attached hydrogen (secondary N) is 1. The highest BCUT2D eigenvalue weighted by molar-refractivity contribution is 7.89. The summed E-state index contributed by atoms with van der Waals surface area (Å²) in [6, 6.07) is 10.0. The Morgan fingerprint density at radius 2 is 1.85 bits per heavy atom. The zero-order valence-electron chi connectivity index (χ0n) is 15.8. The Balaban J connectivity index is 2.04. The van der Waals surface area contributed by atoms with Crippen LogP contribution in [0.2, 0.25) is 0 Å². The molecule has 27 heavy (non-hydrogen) atoms. The van der Waals surface area contributed by atoms with E-state index in [2.05, 4.69) is 10.3 Å². The van der Waals surface area contributed by atoms with Crippen molar-refractivity contribution in [2.24, 2.45) is 0 Å². The monoisotopic (exact) mass is 387 g/mol. The van der Waals surface area contributed by atoms with Gasteiger partial charge in [-0.2, -0.15) is 4.31 Å². The lowest BCUT2D eigenvalue weighted by Gasteiger charge is -2.19. The molecule has 0 saturated heterocycles. The first-order chi connectivity index (χ1) is 12.9. The van der Waals surface area contributed by atoms with Crippen LogP contribution in [0.5, 0.6) is 0 Å². The smallest absolute Gasteiger partial charge is 0.244 e. The highest BCUT2D eigenvalue weighted by atomic mass is 32.2. The van der Waals surface area contributed by atoms with Crippen LogP contribution in [0.3, 0.4) is 0 Å². The average Bonchev–Trinajstić information content (AvgIpc) is 2.68. The lowest BCUT2D eigenvalue weighted by atomic mass is 10.1. The van der Waals surface area contributed by atoms with Crippen LogP contribution in [-0.2, 0) is 14.8 Å². The number of carbonyl (C=O) groups is 1. The number of nitrogens with zero attached hydrogens (tertiary/aromatic N) is 2. The standard InChI is InChI=1S/C20H25N3O3S/c1-4-23(5-2)27(25,26)19-11-9-18(10-12-19)16(3)22-20(24)13-8-17-7-6-14-21-15-17/h6-16H,4-5H2,1-3H3,(H,22,24)/b13-8+. The van der Waals surface area contributed by atoms with Crippen molar-refractivity contribution in [3.63, 3.8) is 0 Å². The maximum Gasteiger partial charge on any atom is 0.244 e. The number of sulfonamides is 1. The molecule has 2 aromatic rings. The molecule has 1 N–H and O–H groups in total. The third-order valence-corrected chi connectivity index (χ3v) is 6.26. The van der Waals surface area contributed by atoms with Gasteiger partial charge in [0, 0.05) is 31.6 Å². The van der Waals surface area contributed by atoms with Gasteiger partial charge < -0.3 is 5.32 Å². The maximum atomic E-state index is 12.5. The first kappa shape index (κ1) is 20.8. The van der Waals surface area contributed by atoms with Gasteiger partial charge in [0.25, 0.3) is 0 Å². The van der Waals surface area contributed by atoms with E-state index >= 15 is 0 Å². The molecule has 2 rings (SSSR count). The third kappa shape index (κ3) is 5.48. The minimum absolute atomic E-state index is 0.230. The number of rotatable bonds is 8. The SMILES string of the molecule is CCN(CC)S(=O)(=O)c1ccc(C(C)NC(=O)/C=C/c2cccnc2)cc1. The maximum absolute atomic E-state index is 12.5. The van der Waals surface area contributed by atoms with Crippen molar-refractivity contribution < 1.29 is 13.2 Å². The molecule has 0 saturated carbocycles. The largest absolute Gasteiger partial charge is 0.346 e. The van der Waals surface area contributed by atoms with Crippen LogP contribution in [0.1, 0.15) is 37.9 Å². The summed E-state index contributed by atoms with van der Waals surface area (Å²) in [5, 5.41) is 2.86. The van der Waals surface area contributed by atoms with E-state index in [0.29, 0.717) is 13.1 Å². The molecule has 0 aliphatic carbocycles. The van der Waals surface area contributed by atoms with E-state index in [0.717, 1.165) is 11.1 Å². The number of aromatic nitrogens is 1. The van der Waals surface area contributed by atoms with Crippen LogP contribution in [0.25, 0.3) is 6.08 Å². The molecule has 0 radical (unpaired) electrons. The minimum Gasteiger partial charge on any atom is -0.346 e. The van der Waals surface area contributed by atoms with Gasteiger partial charge in [-0.15, -0.1) is 0 Å². The Kier molecular flexibility index (Phi) is 7.27. The Labute approximate surface area is 161 Å². The van der Waals surface area contributed by atoms with Gasteiger partial charge >= 0.3 is 0 Å². The highest BCUT2D eigenvalue weighted by Gasteiger charge is 2.21. The van der Waals surface area contributed by atoms with Crippen molar-refractivity contribution in [1.29, 1.82) is 0 Å². The predicted octanol–water partition coefficient (Wildman–Crippen LogP) is 3.00. The summed E-state index contributed by atoms with van der Waals surface area (Å²) in [6.45, 7) is 6.33. The number of hydrogen-bond donors (Lipinski definition) is 1. The summed E-state index contributed by atoms with van der Waals surface area (Å²) < 4.78 is 26.4. The van der Waals surface area contributed by atoms with Gasteiger partial charge in [-0.25, -0.2) is 8.42 Å². The summed E-state index contributed by atoms with van der Waals surface area (Å²) in [5.74, 6) is -0.230. The van der Waals surface area contributed by atoms with E-state index in [9.17, 15) is 13.2 Å². The van der Waals surface area contributed by atoms with E-state index in [4.69, 9.17) is 0 Å². The molecule has 1 atom stereocenters. The Morgan fingerprint density at radius 1 is 1.19 bits per heavy atom. The summed E-state index contributed by atoms with van der Waals surface area (Å²) >= 11 is 0. The summed E-state index contributed by atoms with van der Waals surface area (Å²) in [5.41, 5.74) is 1.67. The number of benzene rings is 1. The molecule has 1 amide bonds. The quantitative estimate of drug-likeness (QED) is 0.706. The van der Waals surface area contributed by atoms with E-state index in [-0.39, 0.29) is 16.8 Å². The van der Waals surface area contributed by atoms with Crippen LogP contribution < -0.4 is 5.32 Å². The van der Waals surface area contributed by atoms with E-state index in [1.165, 1.54) is 10.4 Å². The van der Waals surface area contributed by atoms with Crippen molar-refractivity contribution in [1.82, 2.24) is 14.6 Å². The number of carbonyl (C=O) groups excluding carboxylic acids is 1. The second kappa shape index (κ2) is 9.43. The minimum atomic E-state index is -3.48. The second-order valence-electron chi connectivity index (χ2n) is 6.01. The molecule has 0 spiro atoms. The van der Waals surface area contributed by atoms with Crippen molar-refractivity contribution in [3.05, 3.63) is 66.0 Å². The van der Waals surface area contributed by atoms with E-state index in [1.807, 2.05) is 26.8 Å². The van der Waals surface area contributed by atoms with Crippen molar-refractivity contribution in [2.45, 2.75) is 31.7 Å². The Bertz CT molecular complexity index is 874. The molecule has 1 heterocycles. The van der Waals surface area contributed by atoms with Crippen LogP contribution in [0.15, 0.2) is 59.8 Å². The average molecular weight is 388 g/mol. The molecule has 0 bridgehead atoms. The van der Waals surface area contributed by atoms with Crippen molar-refractivity contribution in [3.8, 4) is 0 Å². The summed E-state index contributed by atoms with van der Waals surface area (Å²) in [6.07, 6.45) is 6.48. The van der Waals surface area contributed by atoms with E-state index in [1.54, 1.807) is 48.8 Å².